The smallest absolute Gasteiger partial charge is 0.399 e. The fraction of sp³-hybridized carbons (Fsp3) is 0.596. The zero-order chi connectivity index (χ0) is 89.7. The number of hydrogen-bond donors (Lipinski definition) is 5. The number of fused-ring (bicyclic) bond motifs is 3. The van der Waals surface area contributed by atoms with Crippen LogP contribution in [0.3, 0.4) is 0 Å². The van der Waals surface area contributed by atoms with Crippen molar-refractivity contribution in [3.63, 3.8) is 0 Å². The van der Waals surface area contributed by atoms with Crippen LogP contribution < -0.4 is 41.6 Å². The van der Waals surface area contributed by atoms with E-state index < -0.39 is 0 Å². The van der Waals surface area contributed by atoms with Crippen LogP contribution in [0, 0.1) is 0 Å². The minimum absolute atomic E-state index is 0. The largest absolute Gasteiger partial charge is 1.00 e. The average molecular weight is 1790 g/mol. The molecule has 15 heterocycles. The number of nitrogens with one attached hydrogen (secondary N) is 3. The van der Waals surface area contributed by atoms with Gasteiger partial charge in [-0.05, 0) is 241 Å². The summed E-state index contributed by atoms with van der Waals surface area (Å²) in [5, 5.41) is 44.5. The molecule has 6 aromatic heterocycles. The second-order valence-electron chi connectivity index (χ2n) is 35.1. The number of aliphatic imine (C=N–C) groups is 1. The van der Waals surface area contributed by atoms with E-state index in [1.54, 1.807) is 12.1 Å². The van der Waals surface area contributed by atoms with Crippen molar-refractivity contribution in [2.45, 2.75) is 187 Å². The molecule has 127 heavy (non-hydrogen) atoms. The molecule has 5 N–H and O–H groups in total. The number of likely N-dealkylation sites (tertiary alicyclic amines) is 2. The number of benzene rings is 3. The molecule has 0 saturated carbocycles. The monoisotopic (exact) mass is 1790 g/mol. The number of rotatable bonds is 20. The highest BCUT2D eigenvalue weighted by Gasteiger charge is 2.53. The van der Waals surface area contributed by atoms with Crippen LogP contribution in [0.1, 0.15) is 166 Å². The number of aliphatic hydroxyl groups is 2. The maximum Gasteiger partial charge on any atom is 1.00 e. The molecule has 2 amide bonds. The molecule has 0 spiro atoms. The van der Waals surface area contributed by atoms with Crippen LogP contribution in [0.2, 0.25) is 10.6 Å². The van der Waals surface area contributed by atoms with Gasteiger partial charge < -0.3 is 88.2 Å². The number of unbranched alkanes of at least 4 members (excludes halogenated alkanes) is 2. The van der Waals surface area contributed by atoms with Crippen LogP contribution in [0.15, 0.2) is 96.4 Å². The Kier molecular flexibility index (Phi) is 34.1. The second-order valence-corrected chi connectivity index (χ2v) is 35.8. The first-order valence-corrected chi connectivity index (χ1v) is 45.7. The third kappa shape index (κ3) is 25.3. The van der Waals surface area contributed by atoms with Crippen LogP contribution in [0.4, 0.5) is 34.5 Å². The molecule has 0 unspecified atom stereocenters. The van der Waals surface area contributed by atoms with Gasteiger partial charge in [0.25, 0.3) is 0 Å². The topological polar surface area (TPSA) is 361 Å². The molecule has 9 aliphatic rings. The molecular formula is C89H126B2Cl2N21O13+. The van der Waals surface area contributed by atoms with Crippen LogP contribution in [-0.2, 0) is 51.9 Å². The van der Waals surface area contributed by atoms with E-state index in [0.717, 1.165) is 247 Å². The van der Waals surface area contributed by atoms with Gasteiger partial charge in [0.05, 0.1) is 121 Å². The van der Waals surface area contributed by atoms with Gasteiger partial charge in [-0.3, -0.25) is 9.59 Å². The molecule has 38 heteroatoms. The van der Waals surface area contributed by atoms with Crippen molar-refractivity contribution in [1.29, 1.82) is 0 Å². The van der Waals surface area contributed by atoms with Gasteiger partial charge in [-0.25, -0.2) is 28.8 Å². The number of isocyanates is 1. The second kappa shape index (κ2) is 45.2. The van der Waals surface area contributed by atoms with Crippen molar-refractivity contribution in [3.05, 3.63) is 102 Å². The zero-order valence-electron chi connectivity index (χ0n) is 76.2. The Morgan fingerprint density at radius 3 is 1.17 bits per heavy atom. The molecule has 9 fully saturated rings. The number of halogens is 2. The summed E-state index contributed by atoms with van der Waals surface area (Å²) in [7, 11) is -0.749. The minimum Gasteiger partial charge on any atom is -0.399 e. The SMILES string of the molecule is C1CCOC1.CC(=O)Nc1ccc(-c2nc(N3CCOCC3)c3cnn(C4CCN(CCCCO)CC4)c3n2)cc1.CC(=O)Nc1ccc(B2OC(C)(C)C(C)(C)O2)cc1.CC1(C)OB(c2ccc(N=C=O)cc2)OC1(C)C.Clc1nc(N2CCOCC2)c2cnn(C3CCNCC3)c2n1.OCCCCN1CCC(n2ncc3c(N4CCOCC4)nc(Cl)nc32)CC1.[H+]. The van der Waals surface area contributed by atoms with Gasteiger partial charge in [0, 0.05) is 123 Å². The van der Waals surface area contributed by atoms with E-state index in [9.17, 15) is 14.4 Å². The molecule has 18 rings (SSSR count). The summed E-state index contributed by atoms with van der Waals surface area (Å²) in [6, 6.07) is 23.3. The predicted octanol–water partition coefficient (Wildman–Crippen LogP) is 10.5. The lowest BCUT2D eigenvalue weighted by molar-refractivity contribution is -0.115. The Labute approximate surface area is 756 Å². The molecule has 9 saturated heterocycles. The number of morpholine rings is 3. The third-order valence-corrected chi connectivity index (χ3v) is 25.4. The molecule has 0 bridgehead atoms. The maximum absolute atomic E-state index is 11.4. The highest BCUT2D eigenvalue weighted by molar-refractivity contribution is 6.62. The first-order valence-electron chi connectivity index (χ1n) is 44.9. The number of carbonyl (C=O) groups excluding carboxylic acids is 3. The normalized spacial score (nSPS) is 19.7. The fourth-order valence-corrected chi connectivity index (χ4v) is 16.8. The molecule has 0 aliphatic carbocycles. The molecule has 34 nitrogen and oxygen atoms in total. The first kappa shape index (κ1) is 95.8. The lowest BCUT2D eigenvalue weighted by atomic mass is 9.79. The molecule has 0 atom stereocenters. The third-order valence-electron chi connectivity index (χ3n) is 25.0. The summed E-state index contributed by atoms with van der Waals surface area (Å²) in [5.41, 5.74) is 6.01. The van der Waals surface area contributed by atoms with Gasteiger partial charge in [0.1, 0.15) is 17.5 Å². The van der Waals surface area contributed by atoms with Crippen molar-refractivity contribution >= 4 is 134 Å². The van der Waals surface area contributed by atoms with Crippen molar-refractivity contribution in [1.82, 2.24) is 74.4 Å². The number of piperidine rings is 3. The summed E-state index contributed by atoms with van der Waals surface area (Å²) in [6.07, 6.45) is 19.8. The number of ether oxygens (including phenoxy) is 4. The first-order chi connectivity index (χ1) is 61.3. The summed E-state index contributed by atoms with van der Waals surface area (Å²) in [6.45, 7) is 39.0. The van der Waals surface area contributed by atoms with Gasteiger partial charge in [-0.2, -0.15) is 40.2 Å². The lowest BCUT2D eigenvalue weighted by Gasteiger charge is -2.32. The highest BCUT2D eigenvalue weighted by atomic mass is 35.5. The summed E-state index contributed by atoms with van der Waals surface area (Å²) in [4.78, 5) is 75.5. The van der Waals surface area contributed by atoms with Crippen molar-refractivity contribution in [2.75, 3.05) is 183 Å². The van der Waals surface area contributed by atoms with Crippen LogP contribution in [-0.4, -0.2) is 291 Å². The number of anilines is 5. The van der Waals surface area contributed by atoms with E-state index in [0.29, 0.717) is 69.3 Å². The molecule has 684 valence electrons. The minimum atomic E-state index is -0.385. The van der Waals surface area contributed by atoms with Crippen LogP contribution in [0.25, 0.3) is 44.5 Å². The maximum atomic E-state index is 11.4. The van der Waals surface area contributed by atoms with Gasteiger partial charge in [0.15, 0.2) is 22.8 Å². The van der Waals surface area contributed by atoms with Gasteiger partial charge in [-0.15, -0.1) is 0 Å². The number of aromatic nitrogens is 12. The quantitative estimate of drug-likeness (QED) is 0.0156. The highest BCUT2D eigenvalue weighted by Crippen LogP contribution is 2.40. The van der Waals surface area contributed by atoms with Gasteiger partial charge >= 0.3 is 15.7 Å². The van der Waals surface area contributed by atoms with Crippen molar-refractivity contribution in [2.24, 2.45) is 4.99 Å². The van der Waals surface area contributed by atoms with E-state index in [-0.39, 0.29) is 73.7 Å². The molecule has 9 aromatic rings. The Morgan fingerprint density at radius 1 is 0.472 bits per heavy atom. The summed E-state index contributed by atoms with van der Waals surface area (Å²) < 4.78 is 51.3. The molecule has 9 aliphatic heterocycles. The Balaban J connectivity index is 0.000000146. The average Bonchev–Trinajstić information content (AvgIpc) is 1.68. The van der Waals surface area contributed by atoms with E-state index in [1.807, 2.05) is 144 Å². The van der Waals surface area contributed by atoms with E-state index in [1.165, 1.54) is 32.8 Å². The van der Waals surface area contributed by atoms with Crippen LogP contribution >= 0.6 is 23.2 Å². The number of amides is 2. The van der Waals surface area contributed by atoms with Crippen molar-refractivity contribution in [3.8, 4) is 11.4 Å². The lowest BCUT2D eigenvalue weighted by Crippen LogP contribution is -2.41. The van der Waals surface area contributed by atoms with E-state index >= 15 is 0 Å². The van der Waals surface area contributed by atoms with E-state index in [2.05, 4.69) is 80.3 Å². The molecule has 0 radical (unpaired) electrons. The van der Waals surface area contributed by atoms with E-state index in [4.69, 9.17) is 86.0 Å². The molecular weight excluding hydrogens is 1660 g/mol. The van der Waals surface area contributed by atoms with Gasteiger partial charge in [-0.1, -0.05) is 24.3 Å². The fourth-order valence-electron chi connectivity index (χ4n) is 16.4. The molecule has 3 aromatic carbocycles. The van der Waals surface area contributed by atoms with Crippen molar-refractivity contribution < 1.29 is 63.6 Å². The summed E-state index contributed by atoms with van der Waals surface area (Å²) >= 11 is 12.4. The van der Waals surface area contributed by atoms with Gasteiger partial charge in [0.2, 0.25) is 28.5 Å². The number of carbonyl (C=O) groups is 2. The zero-order valence-corrected chi connectivity index (χ0v) is 76.7. The van der Waals surface area contributed by atoms with Crippen LogP contribution in [0.5, 0.6) is 0 Å². The Bertz CT molecular complexity index is 5030. The predicted molar refractivity (Wildman–Crippen MR) is 496 cm³/mol. The Hall–Kier alpha value is -8.78. The number of hydrogen-bond acceptors (Lipinski definition) is 29. The number of aliphatic hydroxyl groups excluding tert-OH is 2. The standard InChI is InChI=1S/C26H35N7O3.C18H27ClN6O2.C14H20BNO3.C14H19ClN6O.C13H16BNO3.C4H8O/c1-19(35)28-21-6-4-20(5-7-21)24-29-25(32-13-16-36-17-14-32)23-18-27-33(26(23)30-24)22-8-11-31(12-9-22)10-2-3-15-34;19-18-21-16(24-8-11-27-12-9-24)15-13-20-25(17(15)22-18)14-3-6-23(7-4-14)5-1-2-10-26;1-10(17)16-12-8-6-11(7-9-12)15-18-13(2,3)14(4,5)19-15;15-14-18-12(20-5-7-22-8-6-20)11-9-17-21(13(11)19-14)10-1-3-16-4-2-10;1-12(2)13(3,4)18-14(17-12)10-5-7-11(8-6-10)15-9-16;1-2-4-5-3-1/h4-7,18,22,34H,2-3,8-17H2,1H3,(H,28,35);13-14,26H,1-12H2;6-9H,1-5H3,(H,16,17);9-10,16H,1-8H2;5-8H,1-4H3;1-4H2/p+1. The summed E-state index contributed by atoms with van der Waals surface area (Å²) in [5.74, 6) is 3.11. The number of nitrogens with zero attached hydrogens (tertiary/aromatic N) is 18. The Morgan fingerprint density at radius 2 is 0.819 bits per heavy atom.